The molecule has 0 bridgehead atoms. The van der Waals surface area contributed by atoms with Gasteiger partial charge in [0.2, 0.25) is 5.91 Å². The van der Waals surface area contributed by atoms with Crippen LogP contribution < -0.4 is 15.4 Å². The van der Waals surface area contributed by atoms with Crippen molar-refractivity contribution in [2.24, 2.45) is 5.73 Å². The number of hydrogen-bond acceptors (Lipinski definition) is 4. The first-order chi connectivity index (χ1) is 11.8. The van der Waals surface area contributed by atoms with Crippen molar-refractivity contribution < 1.29 is 14.3 Å². The van der Waals surface area contributed by atoms with Crippen molar-refractivity contribution in [3.05, 3.63) is 23.8 Å². The van der Waals surface area contributed by atoms with Gasteiger partial charge in [0.05, 0.1) is 5.69 Å². The minimum atomic E-state index is -0.995. The molecule has 2 N–H and O–H groups in total. The molecule has 0 spiro atoms. The molecule has 0 aliphatic carbocycles. The van der Waals surface area contributed by atoms with Gasteiger partial charge in [-0.3, -0.25) is 14.5 Å². The number of likely N-dealkylation sites (tertiary alicyclic amines) is 1. The largest absolute Gasteiger partial charge is 0.476 e. The van der Waals surface area contributed by atoms with Gasteiger partial charge in [0.15, 0.2) is 5.60 Å². The lowest BCUT2D eigenvalue weighted by molar-refractivity contribution is -0.137. The van der Waals surface area contributed by atoms with Crippen LogP contribution in [0.1, 0.15) is 51.6 Å². The average molecular weight is 345 g/mol. The summed E-state index contributed by atoms with van der Waals surface area (Å²) in [5.74, 6) is 0.399. The third-order valence-corrected chi connectivity index (χ3v) is 4.93. The summed E-state index contributed by atoms with van der Waals surface area (Å²) in [6, 6.07) is 5.44. The summed E-state index contributed by atoms with van der Waals surface area (Å²) in [6.07, 6.45) is 3.22. The molecule has 6 heteroatoms. The summed E-state index contributed by atoms with van der Waals surface area (Å²) < 4.78 is 5.87. The van der Waals surface area contributed by atoms with Crippen LogP contribution in [0.5, 0.6) is 5.75 Å². The number of carbonyl (C=O) groups excluding carboxylic acids is 2. The zero-order chi connectivity index (χ0) is 18.2. The maximum absolute atomic E-state index is 12.9. The number of amides is 2. The molecule has 0 radical (unpaired) electrons. The summed E-state index contributed by atoms with van der Waals surface area (Å²) in [5, 5.41) is 0. The molecule has 1 atom stereocenters. The van der Waals surface area contributed by atoms with E-state index in [1.807, 2.05) is 30.0 Å². The van der Waals surface area contributed by atoms with Gasteiger partial charge in [0.25, 0.3) is 5.91 Å². The van der Waals surface area contributed by atoms with Crippen molar-refractivity contribution in [2.75, 3.05) is 24.5 Å². The van der Waals surface area contributed by atoms with Crippen LogP contribution in [-0.2, 0) is 9.59 Å². The highest BCUT2D eigenvalue weighted by molar-refractivity contribution is 6.05. The third-order valence-electron chi connectivity index (χ3n) is 4.93. The zero-order valence-electron chi connectivity index (χ0n) is 15.2. The summed E-state index contributed by atoms with van der Waals surface area (Å²) in [4.78, 5) is 29.0. The van der Waals surface area contributed by atoms with E-state index in [9.17, 15) is 9.59 Å². The van der Waals surface area contributed by atoms with E-state index in [0.717, 1.165) is 37.9 Å². The van der Waals surface area contributed by atoms with Crippen LogP contribution in [0.4, 0.5) is 5.69 Å². The molecule has 136 valence electrons. The molecule has 2 aliphatic rings. The first kappa shape index (κ1) is 17.7. The van der Waals surface area contributed by atoms with Crippen LogP contribution in [0.15, 0.2) is 18.2 Å². The molecule has 1 fully saturated rings. The average Bonchev–Trinajstić information content (AvgIpc) is 2.59. The van der Waals surface area contributed by atoms with Gasteiger partial charge >= 0.3 is 0 Å². The Hall–Kier alpha value is -2.08. The molecule has 1 unspecified atom stereocenters. The topological polar surface area (TPSA) is 75.9 Å². The number of ether oxygens (including phenoxy) is 1. The minimum Gasteiger partial charge on any atom is -0.476 e. The standard InChI is InChI=1S/C19H27N3O3/c1-13(20)14-7-8-16-15(11-14)22(18(24)19(2,3)25-16)12-17(23)21-9-5-4-6-10-21/h7-8,11,13H,4-6,9-10,12,20H2,1-3H3. The number of hydrogen-bond donors (Lipinski definition) is 1. The predicted octanol–water partition coefficient (Wildman–Crippen LogP) is 2.22. The van der Waals surface area contributed by atoms with Crippen LogP contribution in [-0.4, -0.2) is 41.9 Å². The Morgan fingerprint density at radius 1 is 1.28 bits per heavy atom. The second kappa shape index (κ2) is 6.67. The van der Waals surface area contributed by atoms with E-state index < -0.39 is 5.60 Å². The zero-order valence-corrected chi connectivity index (χ0v) is 15.2. The molecule has 25 heavy (non-hydrogen) atoms. The van der Waals surface area contributed by atoms with Crippen molar-refractivity contribution in [2.45, 2.75) is 51.7 Å². The Bertz CT molecular complexity index is 678. The van der Waals surface area contributed by atoms with Crippen molar-refractivity contribution in [3.63, 3.8) is 0 Å². The molecule has 2 heterocycles. The van der Waals surface area contributed by atoms with Gasteiger partial charge in [-0.25, -0.2) is 0 Å². The fourth-order valence-electron chi connectivity index (χ4n) is 3.40. The molecule has 3 rings (SSSR count). The second-order valence-electron chi connectivity index (χ2n) is 7.46. The Balaban J connectivity index is 1.92. The first-order valence-corrected chi connectivity index (χ1v) is 8.98. The smallest absolute Gasteiger partial charge is 0.271 e. The van der Waals surface area contributed by atoms with E-state index >= 15 is 0 Å². The summed E-state index contributed by atoms with van der Waals surface area (Å²) >= 11 is 0. The Morgan fingerprint density at radius 2 is 1.96 bits per heavy atom. The molecule has 1 saturated heterocycles. The van der Waals surface area contributed by atoms with Crippen LogP contribution in [0, 0.1) is 0 Å². The lowest BCUT2D eigenvalue weighted by Crippen LogP contribution is -2.55. The number of rotatable bonds is 3. The molecular formula is C19H27N3O3. The lowest BCUT2D eigenvalue weighted by Gasteiger charge is -2.39. The Morgan fingerprint density at radius 3 is 2.60 bits per heavy atom. The van der Waals surface area contributed by atoms with E-state index in [1.165, 1.54) is 0 Å². The van der Waals surface area contributed by atoms with Crippen LogP contribution in [0.25, 0.3) is 0 Å². The van der Waals surface area contributed by atoms with E-state index in [0.29, 0.717) is 11.4 Å². The Labute approximate surface area is 148 Å². The number of nitrogens with two attached hydrogens (primary N) is 1. The van der Waals surface area contributed by atoms with Crippen LogP contribution in [0.2, 0.25) is 0 Å². The predicted molar refractivity (Wildman–Crippen MR) is 96.5 cm³/mol. The maximum Gasteiger partial charge on any atom is 0.271 e. The number of benzene rings is 1. The summed E-state index contributed by atoms with van der Waals surface area (Å²) in [7, 11) is 0. The Kier molecular flexibility index (Phi) is 4.73. The van der Waals surface area contributed by atoms with E-state index in [4.69, 9.17) is 10.5 Å². The minimum absolute atomic E-state index is 0.0112. The van der Waals surface area contributed by atoms with Gasteiger partial charge in [0.1, 0.15) is 12.3 Å². The third kappa shape index (κ3) is 3.49. The quantitative estimate of drug-likeness (QED) is 0.911. The highest BCUT2D eigenvalue weighted by Gasteiger charge is 2.42. The van der Waals surface area contributed by atoms with Crippen molar-refractivity contribution in [1.29, 1.82) is 0 Å². The number of anilines is 1. The number of fused-ring (bicyclic) bond motifs is 1. The molecule has 6 nitrogen and oxygen atoms in total. The lowest BCUT2D eigenvalue weighted by atomic mass is 10.0. The van der Waals surface area contributed by atoms with Gasteiger partial charge in [-0.05, 0) is 57.7 Å². The van der Waals surface area contributed by atoms with Gasteiger partial charge < -0.3 is 15.4 Å². The summed E-state index contributed by atoms with van der Waals surface area (Å²) in [5.41, 5.74) is 6.52. The fraction of sp³-hybridized carbons (Fsp3) is 0.579. The normalized spacial score (nSPS) is 20.7. The van der Waals surface area contributed by atoms with Crippen LogP contribution >= 0.6 is 0 Å². The van der Waals surface area contributed by atoms with E-state index in [-0.39, 0.29) is 24.4 Å². The van der Waals surface area contributed by atoms with Crippen molar-refractivity contribution in [1.82, 2.24) is 4.90 Å². The first-order valence-electron chi connectivity index (χ1n) is 8.98. The van der Waals surface area contributed by atoms with Crippen molar-refractivity contribution in [3.8, 4) is 5.75 Å². The summed E-state index contributed by atoms with van der Waals surface area (Å²) in [6.45, 7) is 6.94. The highest BCUT2D eigenvalue weighted by atomic mass is 16.5. The van der Waals surface area contributed by atoms with Gasteiger partial charge in [-0.2, -0.15) is 0 Å². The molecule has 1 aromatic rings. The highest BCUT2D eigenvalue weighted by Crippen LogP contribution is 2.39. The SMILES string of the molecule is CC(N)c1ccc2c(c1)N(CC(=O)N1CCCCC1)C(=O)C(C)(C)O2. The van der Waals surface area contributed by atoms with Crippen molar-refractivity contribution >= 4 is 17.5 Å². The van der Waals surface area contributed by atoms with Gasteiger partial charge in [-0.1, -0.05) is 6.07 Å². The fourth-order valence-corrected chi connectivity index (χ4v) is 3.40. The maximum atomic E-state index is 12.9. The number of carbonyl (C=O) groups is 2. The molecule has 1 aromatic carbocycles. The molecule has 0 saturated carbocycles. The van der Waals surface area contributed by atoms with Crippen LogP contribution in [0.3, 0.4) is 0 Å². The molecule has 2 amide bonds. The molecule has 2 aliphatic heterocycles. The monoisotopic (exact) mass is 345 g/mol. The van der Waals surface area contributed by atoms with E-state index in [2.05, 4.69) is 0 Å². The van der Waals surface area contributed by atoms with E-state index in [1.54, 1.807) is 18.7 Å². The second-order valence-corrected chi connectivity index (χ2v) is 7.46. The molecule has 0 aromatic heterocycles. The van der Waals surface area contributed by atoms with Gasteiger partial charge in [0, 0.05) is 19.1 Å². The molecular weight excluding hydrogens is 318 g/mol. The number of piperidine rings is 1. The van der Waals surface area contributed by atoms with Gasteiger partial charge in [-0.15, -0.1) is 0 Å². The number of nitrogens with zero attached hydrogens (tertiary/aromatic N) is 2.